The average molecular weight is 178 g/mol. The van der Waals surface area contributed by atoms with Crippen molar-refractivity contribution in [3.63, 3.8) is 0 Å². The number of hydrogen-bond acceptors (Lipinski definition) is 0. The summed E-state index contributed by atoms with van der Waals surface area (Å²) in [6, 6.07) is 0. The maximum atomic E-state index is 2.20. The van der Waals surface area contributed by atoms with E-state index < -0.39 is 0 Å². The van der Waals surface area contributed by atoms with Crippen LogP contribution in [0.4, 0.5) is 0 Å². The molecule has 0 saturated carbocycles. The molecule has 1 N–H and O–H groups in total. The van der Waals surface area contributed by atoms with Crippen LogP contribution in [-0.4, -0.2) is 20.6 Å². The molecule has 1 heteroatoms. The second-order valence-electron chi connectivity index (χ2n) is 2.66. The standard InChI is InChI=1S/C5H13N.C3H8.C2H6.CH4/c1-4-5-6(2)3;1-3-2;1-2;/h4-5H2,1-3H3;3H2,1-2H3;1-2H3;1H4/p+1. The largest absolute Gasteiger partial charge is 0.340 e. The summed E-state index contributed by atoms with van der Waals surface area (Å²) in [5.41, 5.74) is 0. The van der Waals surface area contributed by atoms with Gasteiger partial charge in [0.05, 0.1) is 20.6 Å². The van der Waals surface area contributed by atoms with Crippen molar-refractivity contribution >= 4 is 0 Å². The highest BCUT2D eigenvalue weighted by Gasteiger charge is 1.83. The number of hydrogen-bond donors (Lipinski definition) is 1. The van der Waals surface area contributed by atoms with E-state index in [9.17, 15) is 0 Å². The minimum atomic E-state index is 0. The zero-order chi connectivity index (χ0) is 9.70. The van der Waals surface area contributed by atoms with Gasteiger partial charge in [-0.1, -0.05) is 48.5 Å². The molecule has 0 bridgehead atoms. The highest BCUT2D eigenvalue weighted by Crippen LogP contribution is 1.58. The third-order valence-electron chi connectivity index (χ3n) is 0.750. The molecule has 0 spiro atoms. The first-order valence-electron chi connectivity index (χ1n) is 4.97. The Kier molecular flexibility index (Phi) is 57.8. The van der Waals surface area contributed by atoms with Gasteiger partial charge in [0, 0.05) is 0 Å². The van der Waals surface area contributed by atoms with Crippen LogP contribution in [0.5, 0.6) is 0 Å². The molecule has 0 heterocycles. The van der Waals surface area contributed by atoms with Crippen LogP contribution < -0.4 is 4.90 Å². The molecule has 0 rings (SSSR count). The minimum Gasteiger partial charge on any atom is -0.340 e. The van der Waals surface area contributed by atoms with E-state index in [1.807, 2.05) is 13.8 Å². The van der Waals surface area contributed by atoms with Crippen molar-refractivity contribution in [2.24, 2.45) is 0 Å². The molecule has 0 aromatic carbocycles. The van der Waals surface area contributed by atoms with Gasteiger partial charge in [-0.2, -0.15) is 0 Å². The molecule has 80 valence electrons. The van der Waals surface area contributed by atoms with Gasteiger partial charge in [-0.3, -0.25) is 0 Å². The van der Waals surface area contributed by atoms with Crippen LogP contribution in [0, 0.1) is 0 Å². The summed E-state index contributed by atoms with van der Waals surface area (Å²) >= 11 is 0. The smallest absolute Gasteiger partial charge is 0.0764 e. The Morgan fingerprint density at radius 2 is 1.17 bits per heavy atom. The third kappa shape index (κ3) is 91.3. The van der Waals surface area contributed by atoms with Crippen LogP contribution >= 0.6 is 0 Å². The van der Waals surface area contributed by atoms with Gasteiger partial charge in [0.1, 0.15) is 0 Å². The summed E-state index contributed by atoms with van der Waals surface area (Å²) in [5.74, 6) is 0. The fourth-order valence-electron chi connectivity index (χ4n) is 0.500. The zero-order valence-corrected chi connectivity index (χ0v) is 9.62. The van der Waals surface area contributed by atoms with Crippen molar-refractivity contribution in [2.75, 3.05) is 20.6 Å². The fourth-order valence-corrected chi connectivity index (χ4v) is 0.500. The van der Waals surface area contributed by atoms with Crippen LogP contribution in [0.2, 0.25) is 0 Å². The summed E-state index contributed by atoms with van der Waals surface area (Å²) in [5, 5.41) is 0. The Balaban J connectivity index is -0.0000000462. The lowest BCUT2D eigenvalue weighted by Gasteiger charge is -2.01. The molecule has 0 atom stereocenters. The molecule has 0 radical (unpaired) electrons. The van der Waals surface area contributed by atoms with E-state index in [2.05, 4.69) is 34.9 Å². The van der Waals surface area contributed by atoms with Crippen molar-refractivity contribution in [3.05, 3.63) is 0 Å². The lowest BCUT2D eigenvalue weighted by molar-refractivity contribution is -0.858. The second-order valence-corrected chi connectivity index (χ2v) is 2.66. The number of rotatable bonds is 2. The van der Waals surface area contributed by atoms with Gasteiger partial charge >= 0.3 is 0 Å². The highest BCUT2D eigenvalue weighted by molar-refractivity contribution is 4.13. The van der Waals surface area contributed by atoms with E-state index in [4.69, 9.17) is 0 Å². The van der Waals surface area contributed by atoms with Crippen LogP contribution in [0.25, 0.3) is 0 Å². The van der Waals surface area contributed by atoms with E-state index >= 15 is 0 Å². The Labute approximate surface area is 81.2 Å². The fraction of sp³-hybridized carbons (Fsp3) is 1.00. The van der Waals surface area contributed by atoms with Crippen molar-refractivity contribution < 1.29 is 4.90 Å². The van der Waals surface area contributed by atoms with Gasteiger partial charge in [0.15, 0.2) is 0 Å². The predicted molar refractivity (Wildman–Crippen MR) is 62.0 cm³/mol. The first-order valence-corrected chi connectivity index (χ1v) is 4.97. The van der Waals surface area contributed by atoms with Crippen molar-refractivity contribution in [3.8, 4) is 0 Å². The van der Waals surface area contributed by atoms with Crippen molar-refractivity contribution in [2.45, 2.75) is 54.9 Å². The molecule has 0 unspecified atom stereocenters. The first-order chi connectivity index (χ1) is 5.18. The molecule has 0 aliphatic rings. The third-order valence-corrected chi connectivity index (χ3v) is 0.750. The molecular formula is C11H32N+. The minimum absolute atomic E-state index is 0. The summed E-state index contributed by atoms with van der Waals surface area (Å²) in [7, 11) is 4.34. The molecule has 0 aliphatic heterocycles. The highest BCUT2D eigenvalue weighted by atomic mass is 15.0. The van der Waals surface area contributed by atoms with Crippen LogP contribution in [-0.2, 0) is 0 Å². The van der Waals surface area contributed by atoms with E-state index in [0.29, 0.717) is 0 Å². The molecule has 0 amide bonds. The summed E-state index contributed by atoms with van der Waals surface area (Å²) in [4.78, 5) is 1.54. The Morgan fingerprint density at radius 1 is 0.917 bits per heavy atom. The summed E-state index contributed by atoms with van der Waals surface area (Å²) in [6.07, 6.45) is 2.54. The SMILES string of the molecule is C.CC.CCC.CCC[NH+](C)C. The molecule has 0 aromatic heterocycles. The average Bonchev–Trinajstić information content (AvgIpc) is 1.93. The predicted octanol–water partition coefficient (Wildman–Crippen LogP) is 2.62. The normalized spacial score (nSPS) is 7.00. The Morgan fingerprint density at radius 3 is 1.17 bits per heavy atom. The van der Waals surface area contributed by atoms with E-state index in [1.54, 1.807) is 0 Å². The maximum Gasteiger partial charge on any atom is 0.0764 e. The summed E-state index contributed by atoms with van der Waals surface area (Å²) in [6.45, 7) is 11.7. The molecule has 1 nitrogen and oxygen atoms in total. The van der Waals surface area contributed by atoms with Gasteiger partial charge < -0.3 is 4.90 Å². The number of nitrogens with one attached hydrogen (secondary N) is 1. The maximum absolute atomic E-state index is 2.20. The lowest BCUT2D eigenvalue weighted by atomic mass is 10.5. The monoisotopic (exact) mass is 178 g/mol. The molecular weight excluding hydrogens is 146 g/mol. The van der Waals surface area contributed by atoms with Gasteiger partial charge in [0.25, 0.3) is 0 Å². The van der Waals surface area contributed by atoms with Gasteiger partial charge in [-0.15, -0.1) is 0 Å². The first kappa shape index (κ1) is 22.7. The van der Waals surface area contributed by atoms with Gasteiger partial charge in [-0.05, 0) is 6.42 Å². The van der Waals surface area contributed by atoms with Crippen molar-refractivity contribution in [1.82, 2.24) is 0 Å². The second kappa shape index (κ2) is 30.6. The number of quaternary nitrogens is 1. The summed E-state index contributed by atoms with van der Waals surface area (Å²) < 4.78 is 0. The molecule has 0 aliphatic carbocycles. The molecule has 0 fully saturated rings. The van der Waals surface area contributed by atoms with Crippen LogP contribution in [0.1, 0.15) is 54.9 Å². The topological polar surface area (TPSA) is 4.44 Å². The molecule has 0 saturated heterocycles. The van der Waals surface area contributed by atoms with Crippen LogP contribution in [0.3, 0.4) is 0 Å². The molecule has 12 heavy (non-hydrogen) atoms. The van der Waals surface area contributed by atoms with Crippen LogP contribution in [0.15, 0.2) is 0 Å². The Bertz CT molecular complexity index is 34.0. The quantitative estimate of drug-likeness (QED) is 0.663. The van der Waals surface area contributed by atoms with E-state index in [-0.39, 0.29) is 7.43 Å². The van der Waals surface area contributed by atoms with Crippen molar-refractivity contribution in [1.29, 1.82) is 0 Å². The Hall–Kier alpha value is -0.0400. The van der Waals surface area contributed by atoms with Gasteiger partial charge in [-0.25, -0.2) is 0 Å². The lowest BCUT2D eigenvalue weighted by Crippen LogP contribution is -3.05. The van der Waals surface area contributed by atoms with E-state index in [0.717, 1.165) is 0 Å². The van der Waals surface area contributed by atoms with E-state index in [1.165, 1.54) is 24.3 Å². The molecule has 0 aromatic rings. The van der Waals surface area contributed by atoms with Gasteiger partial charge in [0.2, 0.25) is 0 Å². The zero-order valence-electron chi connectivity index (χ0n) is 9.62.